The Hall–Kier alpha value is -3.46. The van der Waals surface area contributed by atoms with Crippen LogP contribution in [-0.4, -0.2) is 26.8 Å². The van der Waals surface area contributed by atoms with E-state index >= 15 is 0 Å². The first kappa shape index (κ1) is 18.9. The predicted octanol–water partition coefficient (Wildman–Crippen LogP) is 4.65. The van der Waals surface area contributed by atoms with E-state index in [2.05, 4.69) is 20.5 Å². The predicted molar refractivity (Wildman–Crippen MR) is 106 cm³/mol. The second-order valence-corrected chi connectivity index (χ2v) is 6.93. The Kier molecular flexibility index (Phi) is 5.66. The van der Waals surface area contributed by atoms with Crippen molar-refractivity contribution < 1.29 is 18.0 Å². The molecule has 0 saturated heterocycles. The normalized spacial score (nSPS) is 10.8. The number of furan rings is 2. The van der Waals surface area contributed by atoms with Crippen LogP contribution in [0.25, 0.3) is 22.9 Å². The summed E-state index contributed by atoms with van der Waals surface area (Å²) in [6, 6.07) is 13.1. The van der Waals surface area contributed by atoms with Gasteiger partial charge >= 0.3 is 0 Å². The molecule has 3 aromatic heterocycles. The number of rotatable bonds is 7. The van der Waals surface area contributed by atoms with Crippen LogP contribution in [0, 0.1) is 5.82 Å². The van der Waals surface area contributed by atoms with Crippen molar-refractivity contribution in [2.75, 3.05) is 11.1 Å². The van der Waals surface area contributed by atoms with Crippen molar-refractivity contribution in [3.8, 4) is 22.9 Å². The maximum absolute atomic E-state index is 13.6. The summed E-state index contributed by atoms with van der Waals surface area (Å²) >= 11 is 1.27. The van der Waals surface area contributed by atoms with Crippen molar-refractivity contribution in [3.63, 3.8) is 0 Å². The Balaban J connectivity index is 1.43. The van der Waals surface area contributed by atoms with E-state index in [-0.39, 0.29) is 18.0 Å². The number of hydrogen-bond acceptors (Lipinski definition) is 7. The molecular weight excluding hydrogens is 395 g/mol. The fourth-order valence-corrected chi connectivity index (χ4v) is 3.27. The van der Waals surface area contributed by atoms with Crippen LogP contribution < -0.4 is 5.32 Å². The molecule has 0 atom stereocenters. The summed E-state index contributed by atoms with van der Waals surface area (Å²) in [5.74, 6) is 0.689. The molecular formula is C20H15FN4O3S. The van der Waals surface area contributed by atoms with Gasteiger partial charge in [-0.05, 0) is 36.4 Å². The van der Waals surface area contributed by atoms with Gasteiger partial charge in [0.05, 0.1) is 18.2 Å². The average Bonchev–Trinajstić information content (AvgIpc) is 3.44. The van der Waals surface area contributed by atoms with Crippen LogP contribution in [0.2, 0.25) is 0 Å². The standard InChI is InChI=1S/C20H15FN4O3S/c21-13-5-1-2-6-14(13)22-17(26)9-12-29-20-23-18(15-7-3-10-27-15)19(24-25-20)16-8-4-11-28-16/h1-8,10-11H,9,12H2,(H,22,26). The lowest BCUT2D eigenvalue weighted by Crippen LogP contribution is -2.13. The van der Waals surface area contributed by atoms with Crippen molar-refractivity contribution in [3.05, 3.63) is 66.9 Å². The highest BCUT2D eigenvalue weighted by molar-refractivity contribution is 7.99. The molecule has 0 unspecified atom stereocenters. The monoisotopic (exact) mass is 410 g/mol. The van der Waals surface area contributed by atoms with Crippen LogP contribution in [0.5, 0.6) is 0 Å². The van der Waals surface area contributed by atoms with Gasteiger partial charge in [-0.2, -0.15) is 0 Å². The minimum absolute atomic E-state index is 0.156. The van der Waals surface area contributed by atoms with E-state index in [1.54, 1.807) is 48.9 Å². The first-order chi connectivity index (χ1) is 14.2. The fraction of sp³-hybridized carbons (Fsp3) is 0.100. The molecule has 9 heteroatoms. The number of anilines is 1. The highest BCUT2D eigenvalue weighted by atomic mass is 32.2. The first-order valence-electron chi connectivity index (χ1n) is 8.70. The average molecular weight is 410 g/mol. The summed E-state index contributed by atoms with van der Waals surface area (Å²) in [4.78, 5) is 16.6. The number of amides is 1. The molecule has 0 aliphatic carbocycles. The second kappa shape index (κ2) is 8.70. The number of benzene rings is 1. The van der Waals surface area contributed by atoms with Gasteiger partial charge < -0.3 is 14.2 Å². The molecule has 1 aromatic carbocycles. The molecule has 4 aromatic rings. The van der Waals surface area contributed by atoms with Crippen LogP contribution in [-0.2, 0) is 4.79 Å². The zero-order valence-corrected chi connectivity index (χ0v) is 15.9. The number of para-hydroxylation sites is 1. The van der Waals surface area contributed by atoms with E-state index in [1.165, 1.54) is 23.9 Å². The summed E-state index contributed by atoms with van der Waals surface area (Å²) < 4.78 is 24.5. The van der Waals surface area contributed by atoms with Crippen LogP contribution in [0.3, 0.4) is 0 Å². The van der Waals surface area contributed by atoms with Gasteiger partial charge in [0.15, 0.2) is 17.2 Å². The number of carbonyl (C=O) groups is 1. The SMILES string of the molecule is O=C(CCSc1nnc(-c2ccco2)c(-c2ccco2)n1)Nc1ccccc1F. The Morgan fingerprint density at radius 2 is 1.69 bits per heavy atom. The van der Waals surface area contributed by atoms with Gasteiger partial charge in [0.25, 0.3) is 0 Å². The summed E-state index contributed by atoms with van der Waals surface area (Å²) in [6.45, 7) is 0. The van der Waals surface area contributed by atoms with Gasteiger partial charge in [0, 0.05) is 12.2 Å². The Bertz CT molecular complexity index is 1100. The molecule has 0 fully saturated rings. The second-order valence-electron chi connectivity index (χ2n) is 5.87. The quantitative estimate of drug-likeness (QED) is 0.443. The number of carbonyl (C=O) groups excluding carboxylic acids is 1. The number of nitrogens with zero attached hydrogens (tertiary/aromatic N) is 3. The van der Waals surface area contributed by atoms with E-state index in [9.17, 15) is 9.18 Å². The third-order valence-corrected chi connectivity index (χ3v) is 4.72. The van der Waals surface area contributed by atoms with E-state index in [0.29, 0.717) is 33.8 Å². The number of halogens is 1. The van der Waals surface area contributed by atoms with E-state index < -0.39 is 5.82 Å². The van der Waals surface area contributed by atoms with Crippen molar-refractivity contribution in [2.24, 2.45) is 0 Å². The minimum Gasteiger partial charge on any atom is -0.463 e. The number of thioether (sulfide) groups is 1. The molecule has 0 radical (unpaired) electrons. The van der Waals surface area contributed by atoms with Gasteiger partial charge in [0.2, 0.25) is 11.1 Å². The van der Waals surface area contributed by atoms with Gasteiger partial charge in [0.1, 0.15) is 11.5 Å². The molecule has 4 rings (SSSR count). The molecule has 0 aliphatic heterocycles. The summed E-state index contributed by atoms with van der Waals surface area (Å²) in [5.41, 5.74) is 1.12. The van der Waals surface area contributed by atoms with E-state index in [0.717, 1.165) is 0 Å². The van der Waals surface area contributed by atoms with E-state index in [1.807, 2.05) is 0 Å². The third-order valence-electron chi connectivity index (χ3n) is 3.88. The van der Waals surface area contributed by atoms with Crippen molar-refractivity contribution in [1.82, 2.24) is 15.2 Å². The Labute approximate surface area is 169 Å². The van der Waals surface area contributed by atoms with Crippen LogP contribution >= 0.6 is 11.8 Å². The van der Waals surface area contributed by atoms with E-state index in [4.69, 9.17) is 8.83 Å². The Morgan fingerprint density at radius 3 is 2.38 bits per heavy atom. The van der Waals surface area contributed by atoms with Gasteiger partial charge in [-0.1, -0.05) is 23.9 Å². The topological polar surface area (TPSA) is 94.0 Å². The maximum Gasteiger partial charge on any atom is 0.225 e. The van der Waals surface area contributed by atoms with Crippen molar-refractivity contribution in [1.29, 1.82) is 0 Å². The molecule has 0 aliphatic rings. The van der Waals surface area contributed by atoms with Crippen LogP contribution in [0.4, 0.5) is 10.1 Å². The van der Waals surface area contributed by atoms with Crippen molar-refractivity contribution >= 4 is 23.4 Å². The third kappa shape index (κ3) is 4.52. The highest BCUT2D eigenvalue weighted by Gasteiger charge is 2.18. The molecule has 1 N–H and O–H groups in total. The molecule has 3 heterocycles. The Morgan fingerprint density at radius 1 is 0.966 bits per heavy atom. The molecule has 0 bridgehead atoms. The highest BCUT2D eigenvalue weighted by Crippen LogP contribution is 2.30. The zero-order valence-electron chi connectivity index (χ0n) is 15.0. The van der Waals surface area contributed by atoms with Crippen molar-refractivity contribution in [2.45, 2.75) is 11.6 Å². The molecule has 29 heavy (non-hydrogen) atoms. The van der Waals surface area contributed by atoms with Crippen LogP contribution in [0.1, 0.15) is 6.42 Å². The largest absolute Gasteiger partial charge is 0.463 e. The van der Waals surface area contributed by atoms with Gasteiger partial charge in [-0.3, -0.25) is 4.79 Å². The first-order valence-corrected chi connectivity index (χ1v) is 9.69. The van der Waals surface area contributed by atoms with Gasteiger partial charge in [-0.25, -0.2) is 9.37 Å². The minimum atomic E-state index is -0.474. The lowest BCUT2D eigenvalue weighted by molar-refractivity contribution is -0.115. The number of hydrogen-bond donors (Lipinski definition) is 1. The molecule has 146 valence electrons. The van der Waals surface area contributed by atoms with Gasteiger partial charge in [-0.15, -0.1) is 10.2 Å². The summed E-state index contributed by atoms with van der Waals surface area (Å²) in [6.07, 6.45) is 3.25. The molecule has 1 amide bonds. The lowest BCUT2D eigenvalue weighted by Gasteiger charge is -2.07. The zero-order chi connectivity index (χ0) is 20.1. The summed E-state index contributed by atoms with van der Waals surface area (Å²) in [7, 11) is 0. The smallest absolute Gasteiger partial charge is 0.225 e. The maximum atomic E-state index is 13.6. The fourth-order valence-electron chi connectivity index (χ4n) is 2.55. The number of aromatic nitrogens is 3. The molecule has 7 nitrogen and oxygen atoms in total. The molecule has 0 saturated carbocycles. The summed E-state index contributed by atoms with van der Waals surface area (Å²) in [5, 5.41) is 11.3. The molecule has 0 spiro atoms. The number of nitrogens with one attached hydrogen (secondary N) is 1. The lowest BCUT2D eigenvalue weighted by atomic mass is 10.2. The van der Waals surface area contributed by atoms with Crippen LogP contribution in [0.15, 0.2) is 75.0 Å².